The summed E-state index contributed by atoms with van der Waals surface area (Å²) in [6, 6.07) is 29.1. The smallest absolute Gasteiger partial charge is 0.0964 e. The molecular formula is C44H26N4. The van der Waals surface area contributed by atoms with Crippen LogP contribution in [0.4, 0.5) is 0 Å². The number of hydrogen-bond acceptors (Lipinski definition) is 2. The average molecular weight is 611 g/mol. The first-order chi connectivity index (χ1) is 23.4. The molecule has 4 aromatic carbocycles. The average Bonchev–Trinajstić information content (AvgIpc) is 3.62. The second kappa shape index (κ2) is 10.8. The van der Waals surface area contributed by atoms with Crippen LogP contribution in [0.1, 0.15) is 33.4 Å². The van der Waals surface area contributed by atoms with Crippen molar-refractivity contribution >= 4 is 43.9 Å². The molecule has 0 radical (unpaired) electrons. The van der Waals surface area contributed by atoms with Crippen LogP contribution in [-0.2, 0) is 0 Å². The summed E-state index contributed by atoms with van der Waals surface area (Å²) in [5, 5.41) is 1.98. The highest BCUT2D eigenvalue weighted by molar-refractivity contribution is 6.09. The molecule has 0 saturated heterocycles. The minimum atomic E-state index is 0.721. The Kier molecular flexibility index (Phi) is 6.43. The van der Waals surface area contributed by atoms with Crippen molar-refractivity contribution in [3.8, 4) is 71.9 Å². The Morgan fingerprint density at radius 2 is 0.875 bits per heavy atom. The number of pyridine rings is 2. The van der Waals surface area contributed by atoms with Gasteiger partial charge in [-0.2, -0.15) is 0 Å². The van der Waals surface area contributed by atoms with E-state index in [0.29, 0.717) is 0 Å². The third-order valence-electron chi connectivity index (χ3n) is 9.10. The first-order valence-electron chi connectivity index (χ1n) is 15.4. The lowest BCUT2D eigenvalue weighted by atomic mass is 9.95. The molecule has 4 heteroatoms. The predicted octanol–water partition coefficient (Wildman–Crippen LogP) is 8.88. The van der Waals surface area contributed by atoms with E-state index in [2.05, 4.69) is 95.2 Å². The molecule has 0 fully saturated rings. The molecule has 0 aliphatic carbocycles. The monoisotopic (exact) mass is 610 g/mol. The summed E-state index contributed by atoms with van der Waals surface area (Å²) in [7, 11) is 0. The molecule has 0 atom stereocenters. The highest BCUT2D eigenvalue weighted by Gasteiger charge is 2.18. The second-order valence-corrected chi connectivity index (χ2v) is 11.9. The number of nitrogens with zero attached hydrogens (tertiary/aromatic N) is 4. The lowest BCUT2D eigenvalue weighted by molar-refractivity contribution is 1.16. The van der Waals surface area contributed by atoms with E-state index in [1.807, 2.05) is 36.4 Å². The highest BCUT2D eigenvalue weighted by Crippen LogP contribution is 2.37. The molecule has 48 heavy (non-hydrogen) atoms. The maximum atomic E-state index is 5.77. The van der Waals surface area contributed by atoms with Crippen molar-refractivity contribution in [3.63, 3.8) is 0 Å². The molecule has 8 aromatic rings. The van der Waals surface area contributed by atoms with Crippen LogP contribution in [-0.4, -0.2) is 19.1 Å². The summed E-state index contributed by atoms with van der Waals surface area (Å²) >= 11 is 0. The van der Waals surface area contributed by atoms with Gasteiger partial charge in [-0.1, -0.05) is 35.8 Å². The summed E-state index contributed by atoms with van der Waals surface area (Å²) in [5.74, 6) is 10.9. The molecule has 4 aromatic heterocycles. The Morgan fingerprint density at radius 1 is 0.458 bits per heavy atom. The molecule has 222 valence electrons. The first-order valence-corrected chi connectivity index (χ1v) is 15.4. The number of rotatable bonds is 3. The van der Waals surface area contributed by atoms with E-state index in [0.717, 1.165) is 99.8 Å². The van der Waals surface area contributed by atoms with E-state index in [1.165, 1.54) is 0 Å². The van der Waals surface area contributed by atoms with Gasteiger partial charge in [0.2, 0.25) is 0 Å². The Labute approximate surface area is 278 Å². The predicted molar refractivity (Wildman–Crippen MR) is 197 cm³/mol. The zero-order valence-electron chi connectivity index (χ0n) is 26.3. The molecule has 0 unspecified atom stereocenters. The summed E-state index contributed by atoms with van der Waals surface area (Å²) < 4.78 is 4.41. The summed E-state index contributed by atoms with van der Waals surface area (Å²) in [6.07, 6.45) is 26.5. The van der Waals surface area contributed by atoms with E-state index in [4.69, 9.17) is 35.7 Å². The van der Waals surface area contributed by atoms with Gasteiger partial charge in [0.15, 0.2) is 0 Å². The van der Waals surface area contributed by atoms with Crippen LogP contribution < -0.4 is 0 Å². The van der Waals surface area contributed by atoms with Crippen LogP contribution in [0.25, 0.3) is 66.4 Å². The van der Waals surface area contributed by atoms with Crippen molar-refractivity contribution < 1.29 is 0 Å². The van der Waals surface area contributed by atoms with Crippen molar-refractivity contribution in [2.75, 3.05) is 0 Å². The maximum Gasteiger partial charge on any atom is 0.0964 e. The van der Waals surface area contributed by atoms with Gasteiger partial charge >= 0.3 is 0 Å². The van der Waals surface area contributed by atoms with E-state index in [9.17, 15) is 0 Å². The molecule has 8 rings (SSSR count). The van der Waals surface area contributed by atoms with Gasteiger partial charge in [0.05, 0.1) is 33.1 Å². The number of fused-ring (bicyclic) bond motifs is 6. The van der Waals surface area contributed by atoms with Crippen molar-refractivity contribution in [1.82, 2.24) is 19.1 Å². The Bertz CT molecular complexity index is 2650. The van der Waals surface area contributed by atoms with Gasteiger partial charge in [-0.3, -0.25) is 9.97 Å². The number of benzene rings is 4. The van der Waals surface area contributed by atoms with Crippen molar-refractivity contribution in [2.45, 2.75) is 13.8 Å². The molecule has 4 heterocycles. The molecule has 0 aliphatic rings. The third kappa shape index (κ3) is 4.26. The third-order valence-corrected chi connectivity index (χ3v) is 9.10. The number of aryl methyl sites for hydroxylation is 2. The molecule has 0 N–H and O–H groups in total. The zero-order valence-corrected chi connectivity index (χ0v) is 26.3. The van der Waals surface area contributed by atoms with Crippen LogP contribution in [0.5, 0.6) is 0 Å². The fourth-order valence-electron chi connectivity index (χ4n) is 6.84. The lowest BCUT2D eigenvalue weighted by Gasteiger charge is -2.15. The first kappa shape index (κ1) is 28.5. The quantitative estimate of drug-likeness (QED) is 0.187. The van der Waals surface area contributed by atoms with Crippen LogP contribution in [0.15, 0.2) is 97.3 Å². The molecular weight excluding hydrogens is 585 g/mol. The van der Waals surface area contributed by atoms with Gasteiger partial charge < -0.3 is 9.13 Å². The molecule has 4 nitrogen and oxygen atoms in total. The summed E-state index contributed by atoms with van der Waals surface area (Å²) in [6.45, 7) is 4.29. The van der Waals surface area contributed by atoms with Crippen molar-refractivity contribution in [3.05, 3.63) is 131 Å². The molecule has 0 spiro atoms. The largest absolute Gasteiger partial charge is 0.308 e. The minimum absolute atomic E-state index is 0.721. The normalized spacial score (nSPS) is 11.0. The number of hydrogen-bond donors (Lipinski definition) is 0. The summed E-state index contributed by atoms with van der Waals surface area (Å²) in [5.41, 5.74) is 15.3. The van der Waals surface area contributed by atoms with E-state index in [-0.39, 0.29) is 0 Å². The van der Waals surface area contributed by atoms with E-state index in [1.54, 1.807) is 12.4 Å². The highest BCUT2D eigenvalue weighted by atomic mass is 15.0. The van der Waals surface area contributed by atoms with E-state index >= 15 is 0 Å². The summed E-state index contributed by atoms with van der Waals surface area (Å²) in [4.78, 5) is 9.46. The molecule has 0 aliphatic heterocycles. The fraction of sp³-hybridized carbons (Fsp3) is 0.0455. The SMILES string of the molecule is C#Cc1ccc2c(c1)c1ncc(C#C)cc1n2-c1ccc(-c2ccc(-n3c4ccc(C#C)cc4c4ncc(C#C)cc43)cc2C)c(C)c1. The Morgan fingerprint density at radius 3 is 1.25 bits per heavy atom. The lowest BCUT2D eigenvalue weighted by Crippen LogP contribution is -1.98. The van der Waals surface area contributed by atoms with Crippen molar-refractivity contribution in [1.29, 1.82) is 0 Å². The molecule has 0 bridgehead atoms. The van der Waals surface area contributed by atoms with Crippen LogP contribution >= 0.6 is 0 Å². The topological polar surface area (TPSA) is 35.6 Å². The minimum Gasteiger partial charge on any atom is -0.308 e. The van der Waals surface area contributed by atoms with Gasteiger partial charge in [0.1, 0.15) is 0 Å². The zero-order chi connectivity index (χ0) is 33.1. The van der Waals surface area contributed by atoms with Gasteiger partial charge in [-0.15, -0.1) is 25.7 Å². The Balaban J connectivity index is 1.26. The van der Waals surface area contributed by atoms with Gasteiger partial charge in [-0.25, -0.2) is 0 Å². The van der Waals surface area contributed by atoms with Gasteiger partial charge in [0, 0.05) is 56.8 Å². The van der Waals surface area contributed by atoms with E-state index < -0.39 is 0 Å². The van der Waals surface area contributed by atoms with Crippen LogP contribution in [0.3, 0.4) is 0 Å². The van der Waals surface area contributed by atoms with Gasteiger partial charge in [-0.05, 0) is 109 Å². The molecule has 0 amide bonds. The number of aromatic nitrogens is 4. The standard InChI is InChI=1S/C44H26N4/c1-7-29-11-17-39-37(21-29)43-41(23-31(9-3)25-45-43)47(39)33-13-15-35(27(5)19-33)36-16-14-34(20-28(36)6)48-40-18-12-30(8-2)22-38(40)44-42(48)24-32(10-4)26-46-44/h1-4,11-26H,5-6H3. The number of terminal acetylenes is 4. The second-order valence-electron chi connectivity index (χ2n) is 11.9. The Hall–Kier alpha value is -6.98. The van der Waals surface area contributed by atoms with Gasteiger partial charge in [0.25, 0.3) is 0 Å². The fourth-order valence-corrected chi connectivity index (χ4v) is 6.84. The maximum absolute atomic E-state index is 5.77. The van der Waals surface area contributed by atoms with Crippen LogP contribution in [0.2, 0.25) is 0 Å². The van der Waals surface area contributed by atoms with Crippen molar-refractivity contribution in [2.24, 2.45) is 0 Å². The van der Waals surface area contributed by atoms with Crippen LogP contribution in [0, 0.1) is 63.2 Å². The molecule has 0 saturated carbocycles.